The normalized spacial score (nSPS) is 10.6. The number of aromatic nitrogens is 5. The molecule has 0 spiro atoms. The summed E-state index contributed by atoms with van der Waals surface area (Å²) < 4.78 is 158. The van der Waals surface area contributed by atoms with Crippen LogP contribution in [0.15, 0.2) is 213 Å². The summed E-state index contributed by atoms with van der Waals surface area (Å²) in [5, 5.41) is 105. The Balaban J connectivity index is -0.000000676. The first-order chi connectivity index (χ1) is 55.5. The van der Waals surface area contributed by atoms with E-state index in [0.29, 0.717) is 61.0 Å². The molecule has 626 valence electrons. The summed E-state index contributed by atoms with van der Waals surface area (Å²) >= 11 is 9.37. The zero-order chi connectivity index (χ0) is 89.6. The van der Waals surface area contributed by atoms with Gasteiger partial charge in [0.15, 0.2) is 24.6 Å². The number of aliphatic hydroxyl groups is 4. The molecule has 48 heteroatoms. The van der Waals surface area contributed by atoms with Gasteiger partial charge in [-0.05, 0) is 198 Å². The monoisotopic (exact) mass is 1930 g/mol. The minimum atomic E-state index is -4.63. The third-order valence-corrected chi connectivity index (χ3v) is 14.4. The van der Waals surface area contributed by atoms with Gasteiger partial charge in [0.05, 0.1) is 90.0 Å². The predicted octanol–water partition coefficient (Wildman–Crippen LogP) is 2.75. The third kappa shape index (κ3) is 42.4. The second-order valence-electron chi connectivity index (χ2n) is 20.9. The van der Waals surface area contributed by atoms with Crippen LogP contribution in [-0.4, -0.2) is 132 Å². The number of halogens is 14. The van der Waals surface area contributed by atoms with Gasteiger partial charge < -0.3 is 88.9 Å². The first kappa shape index (κ1) is 113. The van der Waals surface area contributed by atoms with Crippen molar-refractivity contribution < 1.29 is 243 Å². The molecule has 3 unspecified atom stereocenters. The number of hydrogen-bond acceptors (Lipinski definition) is 27. The largest absolute Gasteiger partial charge is 1.00 e. The maximum Gasteiger partial charge on any atom is 1.00 e. The van der Waals surface area contributed by atoms with E-state index in [2.05, 4.69) is 82.3 Å². The number of nitrogens with one attached hydrogen (secondary N) is 1. The average Bonchev–Trinajstić information content (AvgIpc) is 0.826. The molecule has 16 N–H and O–H groups in total. The van der Waals surface area contributed by atoms with Crippen LogP contribution in [0.1, 0.15) is 82.1 Å². The molecule has 5 aromatic carbocycles. The van der Waals surface area contributed by atoms with E-state index in [1.54, 1.807) is 84.9 Å². The van der Waals surface area contributed by atoms with E-state index in [-0.39, 0.29) is 168 Å². The second kappa shape index (κ2) is 59.6. The number of pyridine rings is 5. The van der Waals surface area contributed by atoms with Gasteiger partial charge in [0, 0.05) is 24.9 Å². The molecule has 0 saturated carbocycles. The number of primary amides is 2. The third-order valence-electron chi connectivity index (χ3n) is 13.1. The molecule has 10 aromatic rings. The van der Waals surface area contributed by atoms with Crippen molar-refractivity contribution in [3.8, 4) is 52.5 Å². The molecule has 0 fully saturated rings. The minimum Gasteiger partial charge on any atom is -1.00 e. The summed E-state index contributed by atoms with van der Waals surface area (Å²) in [6.45, 7) is -0.181. The number of H-pyrrole nitrogens is 1. The molecule has 0 aliphatic rings. The number of benzene rings is 5. The Morgan fingerprint density at radius 2 is 0.908 bits per heavy atom. The number of ether oxygens (including phenoxy) is 3. The molecule has 0 radical (unpaired) electrons. The van der Waals surface area contributed by atoms with Crippen molar-refractivity contribution in [2.24, 2.45) is 11.5 Å². The number of nitriles is 3. The van der Waals surface area contributed by atoms with E-state index < -0.39 is 115 Å². The van der Waals surface area contributed by atoms with Crippen LogP contribution in [0, 0.1) is 39.8 Å². The summed E-state index contributed by atoms with van der Waals surface area (Å²) in [6, 6.07) is 46.3. The van der Waals surface area contributed by atoms with Gasteiger partial charge in [0.25, 0.3) is 18.3 Å². The van der Waals surface area contributed by atoms with Crippen molar-refractivity contribution in [1.82, 2.24) is 31.1 Å². The molecule has 5 heterocycles. The Morgan fingerprint density at radius 3 is 1.24 bits per heavy atom. The zero-order valence-corrected chi connectivity index (χ0v) is 73.1. The molecule has 10 rings (SSSR count). The maximum absolute atomic E-state index is 12.9. The average molecular weight is 1940 g/mol. The van der Waals surface area contributed by atoms with Gasteiger partial charge in [-0.15, -0.1) is 0 Å². The number of amides is 2. The Bertz CT molecular complexity index is 5070. The number of nitrogens with zero attached hydrogens (tertiary/aromatic N) is 7. The molecule has 0 aliphatic carbocycles. The van der Waals surface area contributed by atoms with Crippen LogP contribution >= 0.6 is 47.8 Å². The van der Waals surface area contributed by atoms with Crippen molar-refractivity contribution in [2.75, 3.05) is 21.4 Å². The van der Waals surface area contributed by atoms with Crippen LogP contribution < -0.4 is 152 Å². The van der Waals surface area contributed by atoms with Crippen LogP contribution in [0.4, 0.5) is 48.3 Å². The maximum atomic E-state index is 12.9. The number of carbonyl (C=O) groups excluding carboxylic acids is 5. The fourth-order valence-electron chi connectivity index (χ4n) is 7.90. The molecular formula is C72H63B2Br3F11K2N11O19. The van der Waals surface area contributed by atoms with Crippen LogP contribution in [0.3, 0.4) is 0 Å². The van der Waals surface area contributed by atoms with Gasteiger partial charge in [-0.3, -0.25) is 28.4 Å². The molecule has 5 aromatic heterocycles. The first-order valence-corrected chi connectivity index (χ1v) is 33.4. The van der Waals surface area contributed by atoms with E-state index >= 15 is 0 Å². The second-order valence-corrected chi connectivity index (χ2v) is 23.4. The Labute approximate surface area is 787 Å². The smallest absolute Gasteiger partial charge is 1.00 e. The molecule has 0 saturated heterocycles. The molecule has 30 nitrogen and oxygen atoms in total. The van der Waals surface area contributed by atoms with Crippen molar-refractivity contribution in [3.05, 3.63) is 280 Å². The summed E-state index contributed by atoms with van der Waals surface area (Å²) in [7, 11) is -1.93. The van der Waals surface area contributed by atoms with Crippen molar-refractivity contribution in [1.29, 1.82) is 15.8 Å². The number of methoxy groups -OCH3 is 1. The standard InChI is InChI=1S/C21H14F3N3O3.C14H9BF3NO3.C8H8BrNO3.C8H3F4N.C7H7BrN2O2.C6H4BrNO.C5H6BNO3.CH3F.CH2O3.CH4O.2K.H3N.H/c22-21(23,24)16-9-8-15(10-13(16)11-25)30-14-6-4-12(5-7-14)17-2-1-3-18(27-17)19(28)20(26)29;16-14(17,18)13-6-5-12(7-9(13)8-19)22-11-3-1-10(2-4-11)15(20)21;1-13-8(12)7(11)5-3-2-4-6(9)10-5;9-6-1-2-7(8(10,11)12)5(3-6)4-13;8-5-3-1-2-4(10-5)6(11)7(9)12;7-6-3-1-2-5(4-9)8-6;8-5-2-1-4(3-7-5)6(9)10;1-2;2-1-4-3;1-2;;;;/h1-10,19,28H,(H2,26,29);1-7,20-21H;2-4,7,11H,1H3;1-3H;1-3,6,11H,(H2,9,12);1-4H;1-3,9-10H,(H,7,8);1H3;1,3H;2H,1H3;;;1H3;/q;;;;;;;;;;2*+1;;-1/p-1/i;;;;;;;1D;;;;;;. The fourth-order valence-corrected chi connectivity index (χ4v) is 8.97. The van der Waals surface area contributed by atoms with Crippen LogP contribution in [0.25, 0.3) is 11.3 Å². The molecule has 0 aliphatic heterocycles. The Morgan fingerprint density at radius 1 is 0.558 bits per heavy atom. The molecule has 0 bridgehead atoms. The van der Waals surface area contributed by atoms with Gasteiger partial charge in [-0.25, -0.2) is 29.1 Å². The van der Waals surface area contributed by atoms with Gasteiger partial charge >= 0.3 is 142 Å². The van der Waals surface area contributed by atoms with Crippen molar-refractivity contribution in [2.45, 2.75) is 36.8 Å². The molecule has 120 heavy (non-hydrogen) atoms. The first-order valence-electron chi connectivity index (χ1n) is 31.8. The van der Waals surface area contributed by atoms with Gasteiger partial charge in [0.2, 0.25) is 5.56 Å². The summed E-state index contributed by atoms with van der Waals surface area (Å²) in [5.74, 6) is -2.53. The Hall–Kier alpha value is -9.06. The van der Waals surface area contributed by atoms with Gasteiger partial charge in [-0.1, -0.05) is 42.5 Å². The number of alkyl halides is 10. The number of rotatable bonds is 15. The SMILES string of the molecule is CO.COC(=O)C(O)c1cccc(Br)n1.N.N#Cc1cc(F)ccc1C(F)(F)F.N#Cc1cc(Oc2ccc(-c3cccc(C(O)C(N)=O)n3)cc2)ccc1C(F)(F)F.N#Cc1cc(Oc2ccc(B(O)O)cc2)ccc1C(F)(F)F.NC(=O)C(O)c1cccc(Br)n1.O=CO[O-].O=Cc1cccc(Br)n1.O=c1ccc(B(O)O)c[nH]1.[2H]CF.[H-].[K+].[K+]. The van der Waals surface area contributed by atoms with Crippen molar-refractivity contribution >= 4 is 103 Å². The number of hydrogen-bond donors (Lipinski definition) is 12. The number of esters is 1. The molecular weight excluding hydrogens is 1870 g/mol. The zero-order valence-electron chi connectivity index (χ0n) is 64.1. The van der Waals surface area contributed by atoms with Gasteiger partial charge in [-0.2, -0.15) is 55.3 Å². The van der Waals surface area contributed by atoms with E-state index in [4.69, 9.17) is 78.5 Å². The minimum absolute atomic E-state index is 0. The Kier molecular flexibility index (Phi) is 56.1. The molecule has 3 atom stereocenters. The summed E-state index contributed by atoms with van der Waals surface area (Å²) in [6.07, 6.45) is -16.1. The van der Waals surface area contributed by atoms with Crippen LogP contribution in [0.2, 0.25) is 0 Å². The number of aldehydes is 1. The summed E-state index contributed by atoms with van der Waals surface area (Å²) in [5.41, 5.74) is 7.45. The number of aliphatic hydroxyl groups excluding tert-OH is 4. The topological polar surface area (TPSA) is 550 Å². The van der Waals surface area contributed by atoms with E-state index in [0.717, 1.165) is 43.5 Å². The van der Waals surface area contributed by atoms with E-state index in [1.807, 2.05) is 0 Å². The number of nitrogens with two attached hydrogens (primary N) is 2. The van der Waals surface area contributed by atoms with Crippen LogP contribution in [0.5, 0.6) is 23.0 Å². The number of aromatic amines is 1. The summed E-state index contributed by atoms with van der Waals surface area (Å²) in [4.78, 5) is 82.4. The van der Waals surface area contributed by atoms with E-state index in [9.17, 15) is 82.5 Å². The van der Waals surface area contributed by atoms with Crippen LogP contribution in [-0.2, 0) is 47.3 Å². The molecule has 2 amide bonds. The van der Waals surface area contributed by atoms with Gasteiger partial charge in [0.1, 0.15) is 48.3 Å². The van der Waals surface area contributed by atoms with Crippen molar-refractivity contribution in [3.63, 3.8) is 0 Å². The fraction of sp³-hybridized carbons (Fsp3) is 0.125. The quantitative estimate of drug-likeness (QED) is 0.0133. The number of carbonyl (C=O) groups is 5. The predicted molar refractivity (Wildman–Crippen MR) is 406 cm³/mol. The van der Waals surface area contributed by atoms with E-state index in [1.165, 1.54) is 80.0 Å².